The summed E-state index contributed by atoms with van der Waals surface area (Å²) in [7, 11) is 0. The standard InChI is InChI=1S/C13H19NO5/c1-7-4-2-3-5-8(7)13(18)12(14)11(17)10(16)9(6-15)19-13/h2-5,9-12,15-18H,6,14H2,1H3/t9-,10-,11+,12-,13?/m1/s1. The van der Waals surface area contributed by atoms with Gasteiger partial charge in [-0.15, -0.1) is 0 Å². The smallest absolute Gasteiger partial charge is 0.211 e. The zero-order chi connectivity index (χ0) is 14.2. The Bertz CT molecular complexity index is 452. The highest BCUT2D eigenvalue weighted by molar-refractivity contribution is 5.32. The van der Waals surface area contributed by atoms with Crippen molar-refractivity contribution < 1.29 is 25.2 Å². The Hall–Kier alpha value is -1.02. The van der Waals surface area contributed by atoms with E-state index in [-0.39, 0.29) is 0 Å². The first-order valence-electron chi connectivity index (χ1n) is 6.10. The molecule has 0 amide bonds. The van der Waals surface area contributed by atoms with Gasteiger partial charge in [-0.2, -0.15) is 0 Å². The van der Waals surface area contributed by atoms with Gasteiger partial charge in [0.15, 0.2) is 0 Å². The predicted molar refractivity (Wildman–Crippen MR) is 67.0 cm³/mol. The van der Waals surface area contributed by atoms with Crippen LogP contribution >= 0.6 is 0 Å². The minimum atomic E-state index is -1.95. The molecule has 1 aliphatic rings. The molecule has 0 bridgehead atoms. The highest BCUT2D eigenvalue weighted by Crippen LogP contribution is 2.36. The van der Waals surface area contributed by atoms with Crippen LogP contribution in [0.15, 0.2) is 24.3 Å². The third-order valence-electron chi connectivity index (χ3n) is 3.59. The summed E-state index contributed by atoms with van der Waals surface area (Å²) in [6.45, 7) is 1.24. The second kappa shape index (κ2) is 5.16. The van der Waals surface area contributed by atoms with Gasteiger partial charge < -0.3 is 30.9 Å². The molecule has 106 valence electrons. The quantitative estimate of drug-likeness (QED) is 0.450. The molecular weight excluding hydrogens is 250 g/mol. The fourth-order valence-corrected chi connectivity index (χ4v) is 2.41. The lowest BCUT2D eigenvalue weighted by atomic mass is 9.85. The number of ether oxygens (including phenoxy) is 1. The number of aryl methyl sites for hydroxylation is 1. The molecule has 0 radical (unpaired) electrons. The van der Waals surface area contributed by atoms with E-state index in [1.54, 1.807) is 31.2 Å². The molecule has 2 rings (SSSR count). The fraction of sp³-hybridized carbons (Fsp3) is 0.538. The summed E-state index contributed by atoms with van der Waals surface area (Å²) in [4.78, 5) is 0. The average Bonchev–Trinajstić information content (AvgIpc) is 2.41. The van der Waals surface area contributed by atoms with Gasteiger partial charge >= 0.3 is 0 Å². The van der Waals surface area contributed by atoms with E-state index >= 15 is 0 Å². The SMILES string of the molecule is Cc1ccccc1C1(O)O[C@H](CO)[C@@H](O)[C@H](O)[C@H]1N. The Kier molecular flexibility index (Phi) is 3.91. The molecule has 1 aromatic carbocycles. The van der Waals surface area contributed by atoms with Gasteiger partial charge in [0.05, 0.1) is 12.6 Å². The highest BCUT2D eigenvalue weighted by atomic mass is 16.6. The van der Waals surface area contributed by atoms with Crippen molar-refractivity contribution in [1.82, 2.24) is 0 Å². The zero-order valence-corrected chi connectivity index (χ0v) is 10.6. The molecule has 0 aromatic heterocycles. The Morgan fingerprint density at radius 1 is 1.26 bits per heavy atom. The number of aliphatic hydroxyl groups excluding tert-OH is 3. The van der Waals surface area contributed by atoms with Crippen molar-refractivity contribution in [3.63, 3.8) is 0 Å². The van der Waals surface area contributed by atoms with Crippen molar-refractivity contribution in [1.29, 1.82) is 0 Å². The lowest BCUT2D eigenvalue weighted by Crippen LogP contribution is -2.66. The Labute approximate surface area is 111 Å². The third kappa shape index (κ3) is 2.27. The zero-order valence-electron chi connectivity index (χ0n) is 10.6. The normalized spacial score (nSPS) is 39.3. The average molecular weight is 269 g/mol. The van der Waals surface area contributed by atoms with Gasteiger partial charge in [-0.1, -0.05) is 24.3 Å². The van der Waals surface area contributed by atoms with Crippen molar-refractivity contribution in [3.8, 4) is 0 Å². The van der Waals surface area contributed by atoms with Crippen molar-refractivity contribution in [2.75, 3.05) is 6.61 Å². The molecule has 5 atom stereocenters. The number of rotatable bonds is 2. The molecule has 1 aromatic rings. The molecule has 1 heterocycles. The van der Waals surface area contributed by atoms with Crippen LogP contribution < -0.4 is 5.73 Å². The number of nitrogens with two attached hydrogens (primary N) is 1. The van der Waals surface area contributed by atoms with E-state index in [1.165, 1.54) is 0 Å². The lowest BCUT2D eigenvalue weighted by Gasteiger charge is -2.46. The van der Waals surface area contributed by atoms with Crippen LogP contribution in [0.4, 0.5) is 0 Å². The molecule has 1 aliphatic heterocycles. The van der Waals surface area contributed by atoms with E-state index in [4.69, 9.17) is 15.6 Å². The van der Waals surface area contributed by atoms with E-state index in [1.807, 2.05) is 0 Å². The van der Waals surface area contributed by atoms with Crippen LogP contribution in [-0.4, -0.2) is 51.4 Å². The van der Waals surface area contributed by atoms with Crippen molar-refractivity contribution >= 4 is 0 Å². The van der Waals surface area contributed by atoms with E-state index in [9.17, 15) is 15.3 Å². The van der Waals surface area contributed by atoms with Crippen LogP contribution in [0.5, 0.6) is 0 Å². The molecule has 1 unspecified atom stereocenters. The van der Waals surface area contributed by atoms with Gasteiger partial charge in [-0.05, 0) is 12.5 Å². The summed E-state index contributed by atoms with van der Waals surface area (Å²) in [5, 5.41) is 39.5. The summed E-state index contributed by atoms with van der Waals surface area (Å²) in [5.74, 6) is -1.95. The number of hydrogen-bond donors (Lipinski definition) is 5. The van der Waals surface area contributed by atoms with Crippen LogP contribution in [-0.2, 0) is 10.5 Å². The molecule has 0 aliphatic carbocycles. The van der Waals surface area contributed by atoms with Gasteiger partial charge in [-0.25, -0.2) is 0 Å². The van der Waals surface area contributed by atoms with Gasteiger partial charge in [0, 0.05) is 5.56 Å². The Morgan fingerprint density at radius 2 is 1.89 bits per heavy atom. The molecule has 6 nitrogen and oxygen atoms in total. The van der Waals surface area contributed by atoms with E-state index in [0.717, 1.165) is 5.56 Å². The van der Waals surface area contributed by atoms with E-state index in [2.05, 4.69) is 0 Å². The Balaban J connectivity index is 2.44. The highest BCUT2D eigenvalue weighted by Gasteiger charge is 2.52. The summed E-state index contributed by atoms with van der Waals surface area (Å²) >= 11 is 0. The summed E-state index contributed by atoms with van der Waals surface area (Å²) in [6.07, 6.45) is -3.83. The van der Waals surface area contributed by atoms with Gasteiger partial charge in [-0.3, -0.25) is 0 Å². The monoisotopic (exact) mass is 269 g/mol. The van der Waals surface area contributed by atoms with Gasteiger partial charge in [0.2, 0.25) is 5.79 Å². The molecule has 6 N–H and O–H groups in total. The maximum absolute atomic E-state index is 10.7. The van der Waals surface area contributed by atoms with Crippen LogP contribution in [0.1, 0.15) is 11.1 Å². The second-order valence-electron chi connectivity index (χ2n) is 4.86. The topological polar surface area (TPSA) is 116 Å². The van der Waals surface area contributed by atoms with Crippen LogP contribution in [0.25, 0.3) is 0 Å². The second-order valence-corrected chi connectivity index (χ2v) is 4.86. The molecule has 6 heteroatoms. The first-order chi connectivity index (χ1) is 8.91. The van der Waals surface area contributed by atoms with Crippen LogP contribution in [0.3, 0.4) is 0 Å². The summed E-state index contributed by atoms with van der Waals surface area (Å²) in [5.41, 5.74) is 6.94. The number of aliphatic hydroxyl groups is 4. The third-order valence-corrected chi connectivity index (χ3v) is 3.59. The van der Waals surface area contributed by atoms with Crippen LogP contribution in [0, 0.1) is 6.92 Å². The van der Waals surface area contributed by atoms with Crippen molar-refractivity contribution in [2.45, 2.75) is 37.1 Å². The number of benzene rings is 1. The van der Waals surface area contributed by atoms with Crippen molar-refractivity contribution in [2.24, 2.45) is 5.73 Å². The van der Waals surface area contributed by atoms with Crippen molar-refractivity contribution in [3.05, 3.63) is 35.4 Å². The molecule has 19 heavy (non-hydrogen) atoms. The number of hydrogen-bond acceptors (Lipinski definition) is 6. The molecule has 0 saturated carbocycles. The summed E-state index contributed by atoms with van der Waals surface area (Å²) in [6, 6.07) is 5.70. The van der Waals surface area contributed by atoms with Gasteiger partial charge in [0.1, 0.15) is 18.3 Å². The Morgan fingerprint density at radius 3 is 2.47 bits per heavy atom. The maximum atomic E-state index is 10.7. The maximum Gasteiger partial charge on any atom is 0.211 e. The molecule has 0 spiro atoms. The summed E-state index contributed by atoms with van der Waals surface area (Å²) < 4.78 is 5.36. The van der Waals surface area contributed by atoms with E-state index < -0.39 is 36.7 Å². The minimum Gasteiger partial charge on any atom is -0.394 e. The van der Waals surface area contributed by atoms with Crippen LogP contribution in [0.2, 0.25) is 0 Å². The first-order valence-corrected chi connectivity index (χ1v) is 6.10. The fourth-order valence-electron chi connectivity index (χ4n) is 2.41. The lowest BCUT2D eigenvalue weighted by molar-refractivity contribution is -0.322. The molecule has 1 fully saturated rings. The van der Waals surface area contributed by atoms with Gasteiger partial charge in [0.25, 0.3) is 0 Å². The van der Waals surface area contributed by atoms with E-state index in [0.29, 0.717) is 5.56 Å². The minimum absolute atomic E-state index is 0.409. The first kappa shape index (κ1) is 14.4. The molecular formula is C13H19NO5. The predicted octanol–water partition coefficient (Wildman–Crippen LogP) is -1.42. The molecule has 1 saturated heterocycles. The largest absolute Gasteiger partial charge is 0.394 e.